The average molecular weight is 391 g/mol. The minimum absolute atomic E-state index is 0.0859. The van der Waals surface area contributed by atoms with Crippen molar-refractivity contribution in [3.63, 3.8) is 0 Å². The number of urea groups is 1. The van der Waals surface area contributed by atoms with E-state index in [4.69, 9.17) is 4.42 Å². The van der Waals surface area contributed by atoms with Crippen molar-refractivity contribution in [2.75, 3.05) is 11.9 Å². The minimum atomic E-state index is -3.98. The Morgan fingerprint density at radius 2 is 1.89 bits per heavy atom. The Morgan fingerprint density at radius 1 is 1.15 bits per heavy atom. The van der Waals surface area contributed by atoms with Gasteiger partial charge in [0.05, 0.1) is 11.2 Å². The predicted octanol–water partition coefficient (Wildman–Crippen LogP) is 2.72. The molecule has 2 rings (SSSR count). The van der Waals surface area contributed by atoms with Crippen LogP contribution in [0, 0.1) is 0 Å². The second-order valence-corrected chi connectivity index (χ2v) is 7.26. The summed E-state index contributed by atoms with van der Waals surface area (Å²) in [7, 11) is -3.98. The van der Waals surface area contributed by atoms with Gasteiger partial charge in [-0.1, -0.05) is 13.3 Å². The van der Waals surface area contributed by atoms with E-state index in [1.807, 2.05) is 11.6 Å². The van der Waals surface area contributed by atoms with Crippen LogP contribution in [-0.4, -0.2) is 26.9 Å². The Bertz CT molecular complexity index is 888. The molecule has 9 heteroatoms. The van der Waals surface area contributed by atoms with Gasteiger partial charge in [-0.3, -0.25) is 4.79 Å². The zero-order chi connectivity index (χ0) is 19.7. The smallest absolute Gasteiger partial charge is 0.328 e. The third kappa shape index (κ3) is 6.63. The number of nitrogens with one attached hydrogen (secondary N) is 3. The second kappa shape index (κ2) is 9.58. The lowest BCUT2D eigenvalue weighted by Gasteiger charge is -2.09. The number of hydrogen-bond acceptors (Lipinski definition) is 5. The van der Waals surface area contributed by atoms with Gasteiger partial charge in [0.25, 0.3) is 10.0 Å². The molecule has 0 atom stereocenters. The molecule has 0 aliphatic rings. The summed E-state index contributed by atoms with van der Waals surface area (Å²) < 4.78 is 31.3. The van der Waals surface area contributed by atoms with Gasteiger partial charge in [0.15, 0.2) is 0 Å². The lowest BCUT2D eigenvalue weighted by Crippen LogP contribution is -2.39. The number of sulfonamides is 1. The van der Waals surface area contributed by atoms with E-state index in [-0.39, 0.29) is 4.90 Å². The average Bonchev–Trinajstić information content (AvgIpc) is 3.14. The number of furan rings is 1. The fourth-order valence-corrected chi connectivity index (χ4v) is 2.97. The van der Waals surface area contributed by atoms with E-state index in [2.05, 4.69) is 10.6 Å². The van der Waals surface area contributed by atoms with Crippen molar-refractivity contribution in [2.24, 2.45) is 0 Å². The summed E-state index contributed by atoms with van der Waals surface area (Å²) in [5.74, 6) is 0.144. The molecule has 1 aromatic heterocycles. The van der Waals surface area contributed by atoms with Crippen LogP contribution in [0.2, 0.25) is 0 Å². The molecule has 3 amide bonds. The maximum Gasteiger partial charge on any atom is 0.328 e. The highest BCUT2D eigenvalue weighted by atomic mass is 32.2. The number of hydrogen-bond donors (Lipinski definition) is 3. The van der Waals surface area contributed by atoms with Gasteiger partial charge in [-0.2, -0.15) is 0 Å². The van der Waals surface area contributed by atoms with Crippen molar-refractivity contribution in [1.29, 1.82) is 0 Å². The third-order valence-corrected chi connectivity index (χ3v) is 4.76. The third-order valence-electron chi connectivity index (χ3n) is 3.42. The SMILES string of the molecule is CCCCNC(=O)NS(=O)(=O)c1ccc(NC(=O)/C=C/c2ccco2)cc1. The predicted molar refractivity (Wildman–Crippen MR) is 101 cm³/mol. The van der Waals surface area contributed by atoms with E-state index in [9.17, 15) is 18.0 Å². The Kier molecular flexibility index (Phi) is 7.18. The van der Waals surface area contributed by atoms with Gasteiger partial charge in [-0.15, -0.1) is 0 Å². The fourth-order valence-electron chi connectivity index (χ4n) is 2.04. The molecule has 0 aliphatic carbocycles. The van der Waals surface area contributed by atoms with Gasteiger partial charge in [0, 0.05) is 18.3 Å². The van der Waals surface area contributed by atoms with E-state index in [0.717, 1.165) is 12.8 Å². The first kappa shape index (κ1) is 20.2. The Labute approximate surface area is 157 Å². The van der Waals surface area contributed by atoms with Gasteiger partial charge in [0.2, 0.25) is 5.91 Å². The van der Waals surface area contributed by atoms with Crippen LogP contribution < -0.4 is 15.4 Å². The minimum Gasteiger partial charge on any atom is -0.465 e. The lowest BCUT2D eigenvalue weighted by molar-refractivity contribution is -0.111. The van der Waals surface area contributed by atoms with Crippen molar-refractivity contribution in [1.82, 2.24) is 10.0 Å². The van der Waals surface area contributed by atoms with Gasteiger partial charge >= 0.3 is 6.03 Å². The van der Waals surface area contributed by atoms with Gasteiger partial charge in [0.1, 0.15) is 5.76 Å². The van der Waals surface area contributed by atoms with Gasteiger partial charge in [-0.25, -0.2) is 17.9 Å². The number of amides is 3. The maximum absolute atomic E-state index is 12.2. The standard InChI is InChI=1S/C18H21N3O5S/c1-2-3-12-19-18(23)21-27(24,25)16-9-6-14(7-10-16)20-17(22)11-8-15-5-4-13-26-15/h4-11,13H,2-3,12H2,1H3,(H,20,22)(H2,19,21,23)/b11-8+. The first-order chi connectivity index (χ1) is 12.9. The molecule has 8 nitrogen and oxygen atoms in total. The largest absolute Gasteiger partial charge is 0.465 e. The number of benzene rings is 1. The molecule has 3 N–H and O–H groups in total. The summed E-state index contributed by atoms with van der Waals surface area (Å²) in [6.45, 7) is 2.36. The van der Waals surface area contributed by atoms with E-state index in [1.54, 1.807) is 12.1 Å². The second-order valence-electron chi connectivity index (χ2n) is 5.58. The maximum atomic E-state index is 12.2. The summed E-state index contributed by atoms with van der Waals surface area (Å²) in [6, 6.07) is 8.10. The first-order valence-electron chi connectivity index (χ1n) is 8.34. The number of carbonyl (C=O) groups is 2. The molecule has 0 bridgehead atoms. The molecule has 2 aromatic rings. The quantitative estimate of drug-likeness (QED) is 0.472. The molecule has 0 aliphatic heterocycles. The number of carbonyl (C=O) groups excluding carboxylic acids is 2. The highest BCUT2D eigenvalue weighted by molar-refractivity contribution is 7.90. The van der Waals surface area contributed by atoms with Crippen LogP contribution in [-0.2, 0) is 14.8 Å². The van der Waals surface area contributed by atoms with Crippen molar-refractivity contribution < 1.29 is 22.4 Å². The van der Waals surface area contributed by atoms with Crippen LogP contribution in [0.25, 0.3) is 6.08 Å². The molecule has 0 saturated carbocycles. The van der Waals surface area contributed by atoms with Crippen LogP contribution in [0.4, 0.5) is 10.5 Å². The number of rotatable bonds is 8. The van der Waals surface area contributed by atoms with Gasteiger partial charge < -0.3 is 15.1 Å². The topological polar surface area (TPSA) is 118 Å². The van der Waals surface area contributed by atoms with E-state index in [0.29, 0.717) is 18.0 Å². The summed E-state index contributed by atoms with van der Waals surface area (Å²) in [5, 5.41) is 5.07. The van der Waals surface area contributed by atoms with Crippen LogP contribution in [0.5, 0.6) is 0 Å². The summed E-state index contributed by atoms with van der Waals surface area (Å²) >= 11 is 0. The van der Waals surface area contributed by atoms with Crippen molar-refractivity contribution in [2.45, 2.75) is 24.7 Å². The molecule has 1 heterocycles. The summed E-state index contributed by atoms with van der Waals surface area (Å²) in [4.78, 5) is 23.4. The Hall–Kier alpha value is -3.07. The molecule has 27 heavy (non-hydrogen) atoms. The zero-order valence-electron chi connectivity index (χ0n) is 14.8. The molecular weight excluding hydrogens is 370 g/mol. The molecule has 0 fully saturated rings. The Balaban J connectivity index is 1.93. The van der Waals surface area contributed by atoms with Crippen LogP contribution in [0.3, 0.4) is 0 Å². The van der Waals surface area contributed by atoms with Crippen molar-refractivity contribution in [3.05, 3.63) is 54.5 Å². The van der Waals surface area contributed by atoms with Crippen molar-refractivity contribution in [3.8, 4) is 0 Å². The number of anilines is 1. The van der Waals surface area contributed by atoms with Crippen LogP contribution in [0.15, 0.2) is 58.1 Å². The van der Waals surface area contributed by atoms with E-state index < -0.39 is 22.0 Å². The lowest BCUT2D eigenvalue weighted by atomic mass is 10.3. The molecule has 0 unspecified atom stereocenters. The number of unbranched alkanes of at least 4 members (excludes halogenated alkanes) is 1. The summed E-state index contributed by atoms with van der Waals surface area (Å²) in [5.41, 5.74) is 0.412. The normalized spacial score (nSPS) is 11.3. The van der Waals surface area contributed by atoms with Gasteiger partial charge in [-0.05, 0) is 48.9 Å². The van der Waals surface area contributed by atoms with Crippen LogP contribution in [0.1, 0.15) is 25.5 Å². The molecule has 1 aromatic carbocycles. The van der Waals surface area contributed by atoms with E-state index in [1.165, 1.54) is 42.7 Å². The van der Waals surface area contributed by atoms with Crippen LogP contribution >= 0.6 is 0 Å². The molecular formula is C18H21N3O5S. The Morgan fingerprint density at radius 3 is 2.52 bits per heavy atom. The highest BCUT2D eigenvalue weighted by Gasteiger charge is 2.17. The molecule has 0 spiro atoms. The molecule has 0 radical (unpaired) electrons. The highest BCUT2D eigenvalue weighted by Crippen LogP contribution is 2.14. The summed E-state index contributed by atoms with van der Waals surface area (Å²) in [6.07, 6.45) is 5.95. The van der Waals surface area contributed by atoms with E-state index >= 15 is 0 Å². The fraction of sp³-hybridized carbons (Fsp3) is 0.222. The molecule has 144 valence electrons. The molecule has 0 saturated heterocycles. The first-order valence-corrected chi connectivity index (χ1v) is 9.82. The monoisotopic (exact) mass is 391 g/mol. The van der Waals surface area contributed by atoms with Crippen molar-refractivity contribution >= 4 is 33.7 Å². The zero-order valence-corrected chi connectivity index (χ0v) is 15.6.